The Morgan fingerprint density at radius 3 is 1.89 bits per heavy atom. The highest BCUT2D eigenvalue weighted by Crippen LogP contribution is 2.27. The van der Waals surface area contributed by atoms with Gasteiger partial charge in [-0.2, -0.15) is 0 Å². The van der Waals surface area contributed by atoms with E-state index in [9.17, 15) is 4.79 Å². The molecule has 1 N–H and O–H groups in total. The summed E-state index contributed by atoms with van der Waals surface area (Å²) in [5.74, 6) is 0. The number of carbonyl (C=O) groups is 1. The second-order valence-electron chi connectivity index (χ2n) is 6.34. The highest BCUT2D eigenvalue weighted by atomic mass is 79.9. The molecule has 0 aliphatic carbocycles. The van der Waals surface area contributed by atoms with Crippen molar-refractivity contribution in [2.45, 2.75) is 45.4 Å². The van der Waals surface area contributed by atoms with Crippen LogP contribution < -0.4 is 5.32 Å². The lowest BCUT2D eigenvalue weighted by Gasteiger charge is -2.27. The predicted octanol–water partition coefficient (Wildman–Crippen LogP) is 4.37. The Labute approximate surface area is 118 Å². The fourth-order valence-electron chi connectivity index (χ4n) is 1.81. The fraction of sp³-hybridized carbons (Fsp3) is 0.533. The summed E-state index contributed by atoms with van der Waals surface area (Å²) < 4.78 is 0. The third-order valence-electron chi connectivity index (χ3n) is 3.20. The van der Waals surface area contributed by atoms with Gasteiger partial charge in [-0.15, -0.1) is 0 Å². The molecule has 0 atom stereocenters. The molecule has 100 valence electrons. The maximum Gasteiger partial charge on any atom is 0.287 e. The third-order valence-corrected chi connectivity index (χ3v) is 3.48. The molecule has 0 aromatic heterocycles. The Hall–Kier alpha value is -0.830. The van der Waals surface area contributed by atoms with Crippen LogP contribution in [-0.4, -0.2) is 11.4 Å². The first-order valence-electron chi connectivity index (χ1n) is 6.17. The zero-order valence-corrected chi connectivity index (χ0v) is 13.4. The van der Waals surface area contributed by atoms with E-state index in [1.165, 1.54) is 11.1 Å². The van der Waals surface area contributed by atoms with Crippen LogP contribution in [-0.2, 0) is 10.8 Å². The van der Waals surface area contributed by atoms with E-state index in [2.05, 4.69) is 80.1 Å². The van der Waals surface area contributed by atoms with Crippen LogP contribution in [0.3, 0.4) is 0 Å². The minimum Gasteiger partial charge on any atom is -0.346 e. The van der Waals surface area contributed by atoms with Gasteiger partial charge in [-0.1, -0.05) is 58.9 Å². The van der Waals surface area contributed by atoms with Gasteiger partial charge < -0.3 is 5.32 Å². The van der Waals surface area contributed by atoms with Gasteiger partial charge in [-0.05, 0) is 16.5 Å². The predicted molar refractivity (Wildman–Crippen MR) is 80.5 cm³/mol. The van der Waals surface area contributed by atoms with E-state index < -0.39 is 0 Å². The van der Waals surface area contributed by atoms with Crippen LogP contribution in [0.25, 0.3) is 0 Å². The topological polar surface area (TPSA) is 29.1 Å². The Bertz CT molecular complexity index is 415. The first kappa shape index (κ1) is 15.2. The first-order valence-corrected chi connectivity index (χ1v) is 6.96. The average Bonchev–Trinajstić information content (AvgIpc) is 2.26. The van der Waals surface area contributed by atoms with Crippen molar-refractivity contribution in [3.63, 3.8) is 0 Å². The van der Waals surface area contributed by atoms with Crippen molar-refractivity contribution in [3.05, 3.63) is 35.4 Å². The zero-order chi connectivity index (χ0) is 14.0. The average molecular weight is 312 g/mol. The van der Waals surface area contributed by atoms with E-state index in [-0.39, 0.29) is 15.6 Å². The lowest BCUT2D eigenvalue weighted by molar-refractivity contribution is 0.259. The van der Waals surface area contributed by atoms with Crippen molar-refractivity contribution in [3.8, 4) is 0 Å². The second-order valence-corrected chi connectivity index (χ2v) is 7.06. The van der Waals surface area contributed by atoms with Gasteiger partial charge >= 0.3 is 0 Å². The number of carbonyl (C=O) groups excluding carboxylic acids is 1. The highest BCUT2D eigenvalue weighted by Gasteiger charge is 2.22. The number of nitrogens with one attached hydrogen (secondary N) is 1. The fourth-order valence-corrected chi connectivity index (χ4v) is 1.95. The van der Waals surface area contributed by atoms with Crippen molar-refractivity contribution in [2.75, 3.05) is 6.54 Å². The molecule has 0 heterocycles. The minimum atomic E-state index is -0.165. The Kier molecular flexibility index (Phi) is 4.60. The number of hydrogen-bond donors (Lipinski definition) is 1. The molecule has 0 radical (unpaired) electrons. The molecule has 0 aliphatic heterocycles. The van der Waals surface area contributed by atoms with E-state index in [1.807, 2.05) is 0 Å². The van der Waals surface area contributed by atoms with Crippen molar-refractivity contribution >= 4 is 20.7 Å². The first-order chi connectivity index (χ1) is 8.13. The number of rotatable bonds is 3. The summed E-state index contributed by atoms with van der Waals surface area (Å²) in [6.45, 7) is 11.5. The van der Waals surface area contributed by atoms with Crippen molar-refractivity contribution < 1.29 is 4.79 Å². The van der Waals surface area contributed by atoms with Crippen LogP contribution in [0.15, 0.2) is 24.3 Å². The van der Waals surface area contributed by atoms with E-state index in [0.717, 1.165) is 0 Å². The second kappa shape index (κ2) is 5.43. The largest absolute Gasteiger partial charge is 0.346 e. The third kappa shape index (κ3) is 4.13. The molecule has 1 amide bonds. The molecule has 18 heavy (non-hydrogen) atoms. The molecular formula is C15H22BrNO. The molecule has 0 unspecified atom stereocenters. The van der Waals surface area contributed by atoms with Crippen LogP contribution in [0, 0.1) is 0 Å². The van der Waals surface area contributed by atoms with Gasteiger partial charge in [0.15, 0.2) is 0 Å². The van der Waals surface area contributed by atoms with Gasteiger partial charge in [0.2, 0.25) is 0 Å². The number of amides is 1. The number of halogens is 1. The molecule has 0 spiro atoms. The molecule has 0 saturated heterocycles. The van der Waals surface area contributed by atoms with Gasteiger partial charge in [-0.25, -0.2) is 0 Å². The molecule has 0 bridgehead atoms. The Morgan fingerprint density at radius 2 is 1.50 bits per heavy atom. The van der Waals surface area contributed by atoms with Crippen molar-refractivity contribution in [1.82, 2.24) is 5.32 Å². The van der Waals surface area contributed by atoms with Gasteiger partial charge in [0.1, 0.15) is 0 Å². The Morgan fingerprint density at radius 1 is 1.06 bits per heavy atom. The smallest absolute Gasteiger partial charge is 0.287 e. The summed E-state index contributed by atoms with van der Waals surface area (Å²) in [6.07, 6.45) is 0. The summed E-state index contributed by atoms with van der Waals surface area (Å²) in [6, 6.07) is 8.65. The van der Waals surface area contributed by atoms with E-state index in [1.54, 1.807) is 0 Å². The maximum atomic E-state index is 10.9. The van der Waals surface area contributed by atoms with Crippen molar-refractivity contribution in [1.29, 1.82) is 0 Å². The lowest BCUT2D eigenvalue weighted by atomic mass is 9.81. The summed E-state index contributed by atoms with van der Waals surface area (Å²) in [4.78, 5) is 10.7. The van der Waals surface area contributed by atoms with Crippen LogP contribution in [0.2, 0.25) is 0 Å². The molecular weight excluding hydrogens is 290 g/mol. The molecule has 1 rings (SSSR count). The van der Waals surface area contributed by atoms with Crippen LogP contribution in [0.4, 0.5) is 4.79 Å². The van der Waals surface area contributed by atoms with Crippen molar-refractivity contribution in [2.24, 2.45) is 0 Å². The van der Waals surface area contributed by atoms with Gasteiger partial charge in [0.25, 0.3) is 4.82 Å². The molecule has 0 aliphatic rings. The maximum absolute atomic E-state index is 10.9. The van der Waals surface area contributed by atoms with Gasteiger partial charge in [0.05, 0.1) is 0 Å². The summed E-state index contributed by atoms with van der Waals surface area (Å²) in [5, 5.41) is 2.81. The molecule has 3 heteroatoms. The van der Waals surface area contributed by atoms with E-state index in [0.29, 0.717) is 6.54 Å². The van der Waals surface area contributed by atoms with Gasteiger partial charge in [0, 0.05) is 27.9 Å². The van der Waals surface area contributed by atoms with Crippen LogP contribution >= 0.6 is 15.9 Å². The molecule has 2 nitrogen and oxygen atoms in total. The SMILES string of the molecule is CC(C)(C)c1ccc(C(C)(C)CNC(=O)Br)cc1. The number of hydrogen-bond acceptors (Lipinski definition) is 1. The monoisotopic (exact) mass is 311 g/mol. The summed E-state index contributed by atoms with van der Waals surface area (Å²) >= 11 is 2.89. The minimum absolute atomic E-state index is 0.0696. The molecule has 1 aromatic rings. The number of benzene rings is 1. The highest BCUT2D eigenvalue weighted by molar-refractivity contribution is 9.18. The van der Waals surface area contributed by atoms with E-state index >= 15 is 0 Å². The van der Waals surface area contributed by atoms with Crippen LogP contribution in [0.5, 0.6) is 0 Å². The van der Waals surface area contributed by atoms with Gasteiger partial charge in [-0.3, -0.25) is 4.79 Å². The molecule has 0 saturated carbocycles. The standard InChI is InChI=1S/C15H22BrNO/c1-14(2,3)11-6-8-12(9-7-11)15(4,5)10-17-13(16)18/h6-9H,10H2,1-5H3,(H,17,18). The Balaban J connectivity index is 2.87. The molecule has 0 fully saturated rings. The van der Waals surface area contributed by atoms with Crippen LogP contribution in [0.1, 0.15) is 45.7 Å². The summed E-state index contributed by atoms with van der Waals surface area (Å²) in [7, 11) is 0. The normalized spacial score (nSPS) is 12.3. The lowest BCUT2D eigenvalue weighted by Crippen LogP contribution is -2.34. The molecule has 1 aromatic carbocycles. The quantitative estimate of drug-likeness (QED) is 0.652. The summed E-state index contributed by atoms with van der Waals surface area (Å²) in [5.41, 5.74) is 2.66. The zero-order valence-electron chi connectivity index (χ0n) is 11.8. The van der Waals surface area contributed by atoms with E-state index in [4.69, 9.17) is 0 Å².